The lowest BCUT2D eigenvalue weighted by atomic mass is 10.1. The van der Waals surface area contributed by atoms with E-state index in [0.29, 0.717) is 5.92 Å². The van der Waals surface area contributed by atoms with Crippen LogP contribution in [0.3, 0.4) is 0 Å². The first kappa shape index (κ1) is 13.8. The van der Waals surface area contributed by atoms with Gasteiger partial charge in [0.1, 0.15) is 0 Å². The Hall–Kier alpha value is -0.260. The zero-order valence-corrected chi connectivity index (χ0v) is 10.7. The van der Waals surface area contributed by atoms with Crippen LogP contribution in [0.4, 0.5) is 0 Å². The van der Waals surface area contributed by atoms with Crippen LogP contribution in [0.25, 0.3) is 0 Å². The average molecular weight is 246 g/mol. The lowest BCUT2D eigenvalue weighted by Crippen LogP contribution is -2.43. The Bertz CT molecular complexity index is 226. The number of hydrogen-bond acceptors (Lipinski definition) is 4. The maximum atomic E-state index is 11.9. The molecule has 1 saturated heterocycles. The molecule has 16 heavy (non-hydrogen) atoms. The third-order valence-electron chi connectivity index (χ3n) is 3.09. The third-order valence-corrected chi connectivity index (χ3v) is 3.73. The predicted molar refractivity (Wildman–Crippen MR) is 67.4 cm³/mol. The van der Waals surface area contributed by atoms with Crippen LogP contribution in [-0.4, -0.2) is 53.7 Å². The first-order valence-electron chi connectivity index (χ1n) is 5.83. The fourth-order valence-corrected chi connectivity index (χ4v) is 2.54. The fraction of sp³-hybridized carbons (Fsp3) is 0.909. The molecular formula is C11H22N2O2S. The molecule has 0 bridgehead atoms. The average Bonchev–Trinajstić information content (AvgIpc) is 2.74. The highest BCUT2D eigenvalue weighted by Crippen LogP contribution is 2.20. The highest BCUT2D eigenvalue weighted by atomic mass is 32.2. The summed E-state index contributed by atoms with van der Waals surface area (Å²) < 4.78 is 0. The molecule has 0 aromatic rings. The van der Waals surface area contributed by atoms with Gasteiger partial charge in [0, 0.05) is 19.7 Å². The highest BCUT2D eigenvalue weighted by molar-refractivity contribution is 7.98. The van der Waals surface area contributed by atoms with Gasteiger partial charge in [-0.25, -0.2) is 0 Å². The Morgan fingerprint density at radius 2 is 2.44 bits per heavy atom. The summed E-state index contributed by atoms with van der Waals surface area (Å²) in [6.45, 7) is 1.79. The Morgan fingerprint density at radius 1 is 1.69 bits per heavy atom. The van der Waals surface area contributed by atoms with E-state index in [1.54, 1.807) is 11.8 Å². The molecule has 0 saturated carbocycles. The normalized spacial score (nSPS) is 22.4. The third kappa shape index (κ3) is 3.96. The van der Waals surface area contributed by atoms with Crippen LogP contribution in [-0.2, 0) is 4.79 Å². The summed E-state index contributed by atoms with van der Waals surface area (Å²) in [6.07, 6.45) is 4.57. The van der Waals surface area contributed by atoms with Gasteiger partial charge >= 0.3 is 0 Å². The summed E-state index contributed by atoms with van der Waals surface area (Å²) in [6, 6.07) is -0.347. The van der Waals surface area contributed by atoms with E-state index in [0.717, 1.165) is 38.1 Å². The van der Waals surface area contributed by atoms with E-state index in [1.165, 1.54) is 0 Å². The zero-order valence-electron chi connectivity index (χ0n) is 9.89. The number of carbonyl (C=O) groups excluding carboxylic acids is 1. The molecule has 1 rings (SSSR count). The number of aliphatic hydroxyl groups excluding tert-OH is 1. The largest absolute Gasteiger partial charge is 0.396 e. The van der Waals surface area contributed by atoms with E-state index in [1.807, 2.05) is 11.2 Å². The number of likely N-dealkylation sites (tertiary alicyclic amines) is 1. The number of nitrogens with two attached hydrogens (primary N) is 1. The lowest BCUT2D eigenvalue weighted by molar-refractivity contribution is -0.131. The lowest BCUT2D eigenvalue weighted by Gasteiger charge is -2.20. The molecule has 94 valence electrons. The number of thioether (sulfide) groups is 1. The van der Waals surface area contributed by atoms with Crippen molar-refractivity contribution in [1.82, 2.24) is 4.90 Å². The summed E-state index contributed by atoms with van der Waals surface area (Å²) in [5.41, 5.74) is 5.85. The molecule has 0 aromatic carbocycles. The summed E-state index contributed by atoms with van der Waals surface area (Å²) >= 11 is 1.71. The number of hydrogen-bond donors (Lipinski definition) is 2. The Balaban J connectivity index is 2.32. The predicted octanol–water partition coefficient (Wildman–Crippen LogP) is 0.298. The second kappa shape index (κ2) is 7.14. The van der Waals surface area contributed by atoms with Crippen molar-refractivity contribution in [3.05, 3.63) is 0 Å². The maximum absolute atomic E-state index is 11.9. The van der Waals surface area contributed by atoms with Crippen LogP contribution in [0.2, 0.25) is 0 Å². The van der Waals surface area contributed by atoms with Crippen LogP contribution < -0.4 is 5.73 Å². The van der Waals surface area contributed by atoms with Gasteiger partial charge in [0.05, 0.1) is 6.04 Å². The summed E-state index contributed by atoms with van der Waals surface area (Å²) in [4.78, 5) is 13.8. The Labute approximate surface area is 102 Å². The molecule has 0 radical (unpaired) electrons. The molecule has 0 aromatic heterocycles. The van der Waals surface area contributed by atoms with Crippen LogP contribution in [0.15, 0.2) is 0 Å². The molecule has 1 aliphatic rings. The van der Waals surface area contributed by atoms with E-state index in [9.17, 15) is 4.79 Å². The number of carbonyl (C=O) groups is 1. The Morgan fingerprint density at radius 3 is 3.06 bits per heavy atom. The van der Waals surface area contributed by atoms with E-state index >= 15 is 0 Å². The van der Waals surface area contributed by atoms with Gasteiger partial charge in [-0.05, 0) is 37.2 Å². The monoisotopic (exact) mass is 246 g/mol. The van der Waals surface area contributed by atoms with Crippen molar-refractivity contribution in [3.8, 4) is 0 Å². The van der Waals surface area contributed by atoms with Gasteiger partial charge in [-0.15, -0.1) is 0 Å². The second-order valence-electron chi connectivity index (χ2n) is 4.34. The fourth-order valence-electron chi connectivity index (χ4n) is 2.05. The molecule has 3 N–H and O–H groups in total. The number of rotatable bonds is 6. The van der Waals surface area contributed by atoms with Crippen molar-refractivity contribution in [2.24, 2.45) is 11.7 Å². The summed E-state index contributed by atoms with van der Waals surface area (Å²) in [5.74, 6) is 1.47. The minimum Gasteiger partial charge on any atom is -0.396 e. The number of amides is 1. The first-order valence-corrected chi connectivity index (χ1v) is 7.22. The highest BCUT2D eigenvalue weighted by Gasteiger charge is 2.28. The van der Waals surface area contributed by atoms with Crippen LogP contribution >= 0.6 is 11.8 Å². The molecule has 2 atom stereocenters. The molecule has 1 fully saturated rings. The molecule has 1 heterocycles. The number of nitrogens with zero attached hydrogens (tertiary/aromatic N) is 1. The van der Waals surface area contributed by atoms with Gasteiger partial charge in [-0.2, -0.15) is 11.8 Å². The van der Waals surface area contributed by atoms with Crippen molar-refractivity contribution < 1.29 is 9.90 Å². The van der Waals surface area contributed by atoms with Gasteiger partial charge in [0.2, 0.25) is 5.91 Å². The van der Waals surface area contributed by atoms with Gasteiger partial charge < -0.3 is 15.7 Å². The van der Waals surface area contributed by atoms with Crippen molar-refractivity contribution in [1.29, 1.82) is 0 Å². The van der Waals surface area contributed by atoms with E-state index in [2.05, 4.69) is 0 Å². The first-order chi connectivity index (χ1) is 7.69. The molecule has 5 heteroatoms. The topological polar surface area (TPSA) is 66.6 Å². The van der Waals surface area contributed by atoms with E-state index < -0.39 is 0 Å². The minimum absolute atomic E-state index is 0.0782. The molecule has 1 amide bonds. The standard InChI is InChI=1S/C11H22N2O2S/c1-16-7-4-10(12)11(15)13-5-2-9(8-13)3-6-14/h9-10,14H,2-8,12H2,1H3/t9?,10-/m1/s1. The van der Waals surface area contributed by atoms with Crippen molar-refractivity contribution in [3.63, 3.8) is 0 Å². The second-order valence-corrected chi connectivity index (χ2v) is 5.32. The molecule has 0 spiro atoms. The van der Waals surface area contributed by atoms with Gasteiger partial charge in [0.25, 0.3) is 0 Å². The smallest absolute Gasteiger partial charge is 0.239 e. The summed E-state index contributed by atoms with van der Waals surface area (Å²) in [5, 5.41) is 8.85. The van der Waals surface area contributed by atoms with E-state index in [4.69, 9.17) is 10.8 Å². The van der Waals surface area contributed by atoms with Gasteiger partial charge in [0.15, 0.2) is 0 Å². The van der Waals surface area contributed by atoms with E-state index in [-0.39, 0.29) is 18.6 Å². The quantitative estimate of drug-likeness (QED) is 0.707. The zero-order chi connectivity index (χ0) is 12.0. The summed E-state index contributed by atoms with van der Waals surface area (Å²) in [7, 11) is 0. The van der Waals surface area contributed by atoms with Crippen molar-refractivity contribution >= 4 is 17.7 Å². The number of aliphatic hydroxyl groups is 1. The molecule has 1 aliphatic heterocycles. The van der Waals surface area contributed by atoms with Crippen molar-refractivity contribution in [2.45, 2.75) is 25.3 Å². The Kier molecular flexibility index (Phi) is 6.16. The molecule has 1 unspecified atom stereocenters. The minimum atomic E-state index is -0.347. The maximum Gasteiger partial charge on any atom is 0.239 e. The van der Waals surface area contributed by atoms with Gasteiger partial charge in [-0.1, -0.05) is 0 Å². The molecular weight excluding hydrogens is 224 g/mol. The van der Waals surface area contributed by atoms with Crippen molar-refractivity contribution in [2.75, 3.05) is 31.7 Å². The van der Waals surface area contributed by atoms with Crippen LogP contribution in [0.1, 0.15) is 19.3 Å². The van der Waals surface area contributed by atoms with Crippen LogP contribution in [0.5, 0.6) is 0 Å². The molecule has 0 aliphatic carbocycles. The SMILES string of the molecule is CSCC[C@@H](N)C(=O)N1CCC(CCO)C1. The molecule has 4 nitrogen and oxygen atoms in total. The van der Waals surface area contributed by atoms with Crippen LogP contribution in [0, 0.1) is 5.92 Å². The van der Waals surface area contributed by atoms with Gasteiger partial charge in [-0.3, -0.25) is 4.79 Å².